The predicted octanol–water partition coefficient (Wildman–Crippen LogP) is 1.63. The van der Waals surface area contributed by atoms with Crippen LogP contribution in [-0.2, 0) is 9.47 Å². The summed E-state index contributed by atoms with van der Waals surface area (Å²) >= 11 is 0. The SMILES string of the molecule is NC1=N[C@@H](c2cccc(OC3CCOCC3)c2)CO1. The Morgan fingerprint density at radius 3 is 2.84 bits per heavy atom. The summed E-state index contributed by atoms with van der Waals surface area (Å²) in [5, 5.41) is 0. The summed E-state index contributed by atoms with van der Waals surface area (Å²) in [7, 11) is 0. The number of rotatable bonds is 3. The average Bonchev–Trinajstić information content (AvgIpc) is 2.87. The first kappa shape index (κ1) is 12.3. The number of hydrogen-bond donors (Lipinski definition) is 1. The third-order valence-corrected chi connectivity index (χ3v) is 3.39. The van der Waals surface area contributed by atoms with Crippen LogP contribution in [0.15, 0.2) is 29.3 Å². The summed E-state index contributed by atoms with van der Waals surface area (Å²) in [6.07, 6.45) is 2.14. The Kier molecular flexibility index (Phi) is 3.55. The lowest BCUT2D eigenvalue weighted by atomic mass is 10.1. The first-order valence-corrected chi connectivity index (χ1v) is 6.62. The molecule has 2 N–H and O–H groups in total. The molecule has 0 amide bonds. The van der Waals surface area contributed by atoms with Crippen LogP contribution in [0, 0.1) is 0 Å². The molecule has 1 aromatic rings. The normalized spacial score (nSPS) is 23.8. The van der Waals surface area contributed by atoms with E-state index in [1.54, 1.807) is 0 Å². The minimum Gasteiger partial charge on any atom is -0.490 e. The van der Waals surface area contributed by atoms with Gasteiger partial charge in [-0.05, 0) is 17.7 Å². The van der Waals surface area contributed by atoms with Gasteiger partial charge in [0.2, 0.25) is 0 Å². The topological polar surface area (TPSA) is 66.1 Å². The fourth-order valence-electron chi connectivity index (χ4n) is 2.34. The van der Waals surface area contributed by atoms with Gasteiger partial charge in [-0.1, -0.05) is 12.1 Å². The standard InChI is InChI=1S/C14H18N2O3/c15-14-16-13(9-18-14)10-2-1-3-12(8-10)19-11-4-6-17-7-5-11/h1-3,8,11,13H,4-7,9H2,(H2,15,16)/t13-/m1/s1. The van der Waals surface area contributed by atoms with Crippen molar-refractivity contribution < 1.29 is 14.2 Å². The fraction of sp³-hybridized carbons (Fsp3) is 0.500. The van der Waals surface area contributed by atoms with Gasteiger partial charge >= 0.3 is 0 Å². The molecule has 0 aromatic heterocycles. The van der Waals surface area contributed by atoms with Gasteiger partial charge < -0.3 is 19.9 Å². The second-order valence-corrected chi connectivity index (χ2v) is 4.80. The minimum atomic E-state index is -0.0155. The highest BCUT2D eigenvalue weighted by Gasteiger charge is 2.20. The monoisotopic (exact) mass is 262 g/mol. The number of nitrogens with zero attached hydrogens (tertiary/aromatic N) is 1. The molecule has 19 heavy (non-hydrogen) atoms. The van der Waals surface area contributed by atoms with Crippen molar-refractivity contribution in [1.82, 2.24) is 0 Å². The molecule has 0 unspecified atom stereocenters. The van der Waals surface area contributed by atoms with Crippen molar-refractivity contribution in [2.75, 3.05) is 19.8 Å². The molecule has 0 aliphatic carbocycles. The lowest BCUT2D eigenvalue weighted by Gasteiger charge is -2.23. The quantitative estimate of drug-likeness (QED) is 0.899. The van der Waals surface area contributed by atoms with E-state index in [1.165, 1.54) is 0 Å². The smallest absolute Gasteiger partial charge is 0.282 e. The van der Waals surface area contributed by atoms with E-state index in [-0.39, 0.29) is 18.2 Å². The van der Waals surface area contributed by atoms with Crippen molar-refractivity contribution >= 4 is 6.02 Å². The van der Waals surface area contributed by atoms with Crippen molar-refractivity contribution in [2.45, 2.75) is 25.0 Å². The number of benzene rings is 1. The number of nitrogens with two attached hydrogens (primary N) is 1. The first-order valence-electron chi connectivity index (χ1n) is 6.62. The van der Waals surface area contributed by atoms with Crippen LogP contribution in [0.1, 0.15) is 24.4 Å². The highest BCUT2D eigenvalue weighted by Crippen LogP contribution is 2.26. The van der Waals surface area contributed by atoms with E-state index in [9.17, 15) is 0 Å². The molecule has 1 aromatic carbocycles. The second-order valence-electron chi connectivity index (χ2n) is 4.80. The molecule has 1 saturated heterocycles. The summed E-state index contributed by atoms with van der Waals surface area (Å²) < 4.78 is 16.5. The summed E-state index contributed by atoms with van der Waals surface area (Å²) in [4.78, 5) is 4.24. The van der Waals surface area contributed by atoms with Gasteiger partial charge in [-0.3, -0.25) is 0 Å². The van der Waals surface area contributed by atoms with Gasteiger partial charge in [-0.25, -0.2) is 4.99 Å². The Hall–Kier alpha value is -1.75. The molecular weight excluding hydrogens is 244 g/mol. The summed E-state index contributed by atoms with van der Waals surface area (Å²) in [6, 6.07) is 8.24. The Morgan fingerprint density at radius 1 is 1.26 bits per heavy atom. The Balaban J connectivity index is 1.69. The van der Waals surface area contributed by atoms with Gasteiger partial charge in [0.05, 0.1) is 13.2 Å². The molecule has 102 valence electrons. The molecule has 0 spiro atoms. The van der Waals surface area contributed by atoms with Crippen LogP contribution in [0.4, 0.5) is 0 Å². The Labute approximate surface area is 112 Å². The summed E-state index contributed by atoms with van der Waals surface area (Å²) in [6.45, 7) is 2.07. The molecule has 5 nitrogen and oxygen atoms in total. The highest BCUT2D eigenvalue weighted by atomic mass is 16.5. The maximum Gasteiger partial charge on any atom is 0.282 e. The van der Waals surface area contributed by atoms with E-state index in [2.05, 4.69) is 4.99 Å². The van der Waals surface area contributed by atoms with Crippen LogP contribution in [0.3, 0.4) is 0 Å². The number of hydrogen-bond acceptors (Lipinski definition) is 5. The van der Waals surface area contributed by atoms with E-state index in [4.69, 9.17) is 19.9 Å². The zero-order valence-corrected chi connectivity index (χ0v) is 10.7. The van der Waals surface area contributed by atoms with Crippen LogP contribution in [0.5, 0.6) is 5.75 Å². The zero-order chi connectivity index (χ0) is 13.1. The molecule has 0 radical (unpaired) electrons. The van der Waals surface area contributed by atoms with Gasteiger partial charge in [-0.15, -0.1) is 0 Å². The van der Waals surface area contributed by atoms with Crippen molar-refractivity contribution in [1.29, 1.82) is 0 Å². The Bertz CT molecular complexity index is 470. The van der Waals surface area contributed by atoms with Crippen LogP contribution in [0.25, 0.3) is 0 Å². The molecular formula is C14H18N2O3. The molecule has 1 atom stereocenters. The van der Waals surface area contributed by atoms with Gasteiger partial charge in [0.25, 0.3) is 6.02 Å². The largest absolute Gasteiger partial charge is 0.490 e. The maximum atomic E-state index is 5.98. The first-order chi connectivity index (χ1) is 9.31. The van der Waals surface area contributed by atoms with Crippen LogP contribution in [-0.4, -0.2) is 31.9 Å². The number of aliphatic imine (C=N–C) groups is 1. The molecule has 0 saturated carbocycles. The molecule has 1 fully saturated rings. The van der Waals surface area contributed by atoms with Gasteiger partial charge in [-0.2, -0.15) is 0 Å². The van der Waals surface area contributed by atoms with Crippen LogP contribution in [0.2, 0.25) is 0 Å². The number of ether oxygens (including phenoxy) is 3. The average molecular weight is 262 g/mol. The molecule has 0 bridgehead atoms. The summed E-state index contributed by atoms with van der Waals surface area (Å²) in [5.74, 6) is 0.880. The van der Waals surface area contributed by atoms with Crippen molar-refractivity contribution in [3.8, 4) is 5.75 Å². The highest BCUT2D eigenvalue weighted by molar-refractivity contribution is 5.73. The van der Waals surface area contributed by atoms with Gasteiger partial charge in [0.15, 0.2) is 0 Å². The van der Waals surface area contributed by atoms with Crippen molar-refractivity contribution in [3.05, 3.63) is 29.8 Å². The third kappa shape index (κ3) is 2.98. The minimum absolute atomic E-state index is 0.0155. The fourth-order valence-corrected chi connectivity index (χ4v) is 2.34. The van der Waals surface area contributed by atoms with E-state index in [0.29, 0.717) is 6.61 Å². The zero-order valence-electron chi connectivity index (χ0n) is 10.7. The number of amidine groups is 1. The Morgan fingerprint density at radius 2 is 2.11 bits per heavy atom. The van der Waals surface area contributed by atoms with E-state index >= 15 is 0 Å². The summed E-state index contributed by atoms with van der Waals surface area (Å²) in [5.41, 5.74) is 6.61. The molecule has 2 aliphatic heterocycles. The van der Waals surface area contributed by atoms with Crippen LogP contribution >= 0.6 is 0 Å². The third-order valence-electron chi connectivity index (χ3n) is 3.39. The van der Waals surface area contributed by atoms with Gasteiger partial charge in [0.1, 0.15) is 24.5 Å². The molecule has 2 heterocycles. The van der Waals surface area contributed by atoms with Crippen molar-refractivity contribution in [3.63, 3.8) is 0 Å². The molecule has 2 aliphatic rings. The van der Waals surface area contributed by atoms with E-state index in [1.807, 2.05) is 24.3 Å². The predicted molar refractivity (Wildman–Crippen MR) is 71.2 cm³/mol. The van der Waals surface area contributed by atoms with Crippen molar-refractivity contribution in [2.24, 2.45) is 10.7 Å². The van der Waals surface area contributed by atoms with E-state index < -0.39 is 0 Å². The maximum absolute atomic E-state index is 5.98. The van der Waals surface area contributed by atoms with E-state index in [0.717, 1.165) is 37.4 Å². The van der Waals surface area contributed by atoms with Crippen LogP contribution < -0.4 is 10.5 Å². The molecule has 5 heteroatoms. The second kappa shape index (κ2) is 5.48. The molecule has 3 rings (SSSR count). The lowest BCUT2D eigenvalue weighted by molar-refractivity contribution is 0.0255. The lowest BCUT2D eigenvalue weighted by Crippen LogP contribution is -2.25. The van der Waals surface area contributed by atoms with Gasteiger partial charge in [0, 0.05) is 12.8 Å².